The fourth-order valence-corrected chi connectivity index (χ4v) is 2.27. The second-order valence-corrected chi connectivity index (χ2v) is 5.24. The van der Waals surface area contributed by atoms with E-state index in [1.54, 1.807) is 12.1 Å². The summed E-state index contributed by atoms with van der Waals surface area (Å²) in [4.78, 5) is 23.7. The van der Waals surface area contributed by atoms with Gasteiger partial charge in [0, 0.05) is 13.6 Å². The molecule has 126 valence electrons. The Kier molecular flexibility index (Phi) is 6.45. The minimum Gasteiger partial charge on any atom is -0.341 e. The molecule has 2 rings (SSSR count). The van der Waals surface area contributed by atoms with Gasteiger partial charge in [0.1, 0.15) is 11.9 Å². The SMILES string of the molecule is CNC(=O)NC(=O)[C@H](NCCc1ccc(F)cc1)c1ccccc1. The lowest BCUT2D eigenvalue weighted by atomic mass is 10.1. The Morgan fingerprint density at radius 2 is 1.71 bits per heavy atom. The molecule has 0 radical (unpaired) electrons. The number of halogens is 1. The van der Waals surface area contributed by atoms with E-state index in [-0.39, 0.29) is 5.82 Å². The molecule has 0 spiro atoms. The number of carbonyl (C=O) groups is 2. The van der Waals surface area contributed by atoms with Crippen molar-refractivity contribution < 1.29 is 14.0 Å². The molecule has 0 aliphatic rings. The molecule has 0 aromatic heterocycles. The van der Waals surface area contributed by atoms with Crippen molar-refractivity contribution in [1.29, 1.82) is 0 Å². The van der Waals surface area contributed by atoms with Crippen LogP contribution in [0.2, 0.25) is 0 Å². The average Bonchev–Trinajstić information content (AvgIpc) is 2.60. The van der Waals surface area contributed by atoms with E-state index in [0.29, 0.717) is 13.0 Å². The minimum absolute atomic E-state index is 0.279. The predicted octanol–water partition coefficient (Wildman–Crippen LogP) is 2.15. The highest BCUT2D eigenvalue weighted by Crippen LogP contribution is 2.13. The number of carbonyl (C=O) groups excluding carboxylic acids is 2. The van der Waals surface area contributed by atoms with E-state index in [1.165, 1.54) is 19.2 Å². The highest BCUT2D eigenvalue weighted by molar-refractivity contribution is 5.97. The molecule has 0 fully saturated rings. The van der Waals surface area contributed by atoms with Crippen LogP contribution in [0, 0.1) is 5.82 Å². The molecule has 6 heteroatoms. The topological polar surface area (TPSA) is 70.2 Å². The summed E-state index contributed by atoms with van der Waals surface area (Å²) in [6, 6.07) is 14.2. The highest BCUT2D eigenvalue weighted by Gasteiger charge is 2.21. The summed E-state index contributed by atoms with van der Waals surface area (Å²) in [5.74, 6) is -0.710. The van der Waals surface area contributed by atoms with Crippen molar-refractivity contribution in [2.75, 3.05) is 13.6 Å². The van der Waals surface area contributed by atoms with Gasteiger partial charge in [-0.15, -0.1) is 0 Å². The Hall–Kier alpha value is -2.73. The molecule has 0 unspecified atom stereocenters. The second-order valence-electron chi connectivity index (χ2n) is 5.24. The molecule has 0 saturated carbocycles. The third kappa shape index (κ3) is 5.17. The first-order chi connectivity index (χ1) is 11.6. The lowest BCUT2D eigenvalue weighted by molar-refractivity contribution is -0.122. The molecule has 0 aliphatic heterocycles. The molecule has 2 aromatic carbocycles. The van der Waals surface area contributed by atoms with Crippen LogP contribution in [0.5, 0.6) is 0 Å². The molecule has 0 saturated heterocycles. The van der Waals surface area contributed by atoms with E-state index in [0.717, 1.165) is 11.1 Å². The van der Waals surface area contributed by atoms with Gasteiger partial charge >= 0.3 is 6.03 Å². The van der Waals surface area contributed by atoms with Crippen molar-refractivity contribution in [3.8, 4) is 0 Å². The number of amides is 3. The molecule has 0 heterocycles. The highest BCUT2D eigenvalue weighted by atomic mass is 19.1. The normalized spacial score (nSPS) is 11.6. The zero-order valence-electron chi connectivity index (χ0n) is 13.4. The van der Waals surface area contributed by atoms with Gasteiger partial charge in [0.25, 0.3) is 0 Å². The van der Waals surface area contributed by atoms with Gasteiger partial charge in [-0.05, 0) is 29.7 Å². The van der Waals surface area contributed by atoms with Crippen LogP contribution >= 0.6 is 0 Å². The molecule has 3 amide bonds. The number of hydrogen-bond acceptors (Lipinski definition) is 3. The van der Waals surface area contributed by atoms with Crippen LogP contribution in [0.3, 0.4) is 0 Å². The monoisotopic (exact) mass is 329 g/mol. The van der Waals surface area contributed by atoms with Crippen LogP contribution in [0.15, 0.2) is 54.6 Å². The van der Waals surface area contributed by atoms with Gasteiger partial charge in [-0.25, -0.2) is 9.18 Å². The largest absolute Gasteiger partial charge is 0.341 e. The average molecular weight is 329 g/mol. The molecule has 1 atom stereocenters. The van der Waals surface area contributed by atoms with Crippen molar-refractivity contribution in [3.63, 3.8) is 0 Å². The smallest absolute Gasteiger partial charge is 0.321 e. The fraction of sp³-hybridized carbons (Fsp3) is 0.222. The zero-order valence-corrected chi connectivity index (χ0v) is 13.4. The van der Waals surface area contributed by atoms with Gasteiger partial charge in [0.15, 0.2) is 0 Å². The summed E-state index contributed by atoms with van der Waals surface area (Å²) in [5, 5.41) is 7.78. The maximum Gasteiger partial charge on any atom is 0.321 e. The quantitative estimate of drug-likeness (QED) is 0.760. The Bertz CT molecular complexity index is 674. The minimum atomic E-state index is -0.649. The molecule has 5 nitrogen and oxygen atoms in total. The summed E-state index contributed by atoms with van der Waals surface area (Å²) in [7, 11) is 1.45. The standard InChI is InChI=1S/C18H20FN3O2/c1-20-18(24)22-17(23)16(14-5-3-2-4-6-14)21-12-11-13-7-9-15(19)10-8-13/h2-10,16,21H,11-12H2,1H3,(H2,20,22,23,24)/t16-/m1/s1. The van der Waals surface area contributed by atoms with E-state index in [4.69, 9.17) is 0 Å². The lowest BCUT2D eigenvalue weighted by Crippen LogP contribution is -2.44. The fourth-order valence-electron chi connectivity index (χ4n) is 2.27. The predicted molar refractivity (Wildman–Crippen MR) is 89.9 cm³/mol. The summed E-state index contributed by atoms with van der Waals surface area (Å²) < 4.78 is 12.9. The van der Waals surface area contributed by atoms with Crippen molar-refractivity contribution in [2.24, 2.45) is 0 Å². The van der Waals surface area contributed by atoms with Crippen LogP contribution in [-0.4, -0.2) is 25.5 Å². The summed E-state index contributed by atoms with van der Waals surface area (Å²) in [5.41, 5.74) is 1.72. The molecular formula is C18H20FN3O2. The Labute approximate surface area is 140 Å². The van der Waals surface area contributed by atoms with Gasteiger partial charge in [-0.2, -0.15) is 0 Å². The lowest BCUT2D eigenvalue weighted by Gasteiger charge is -2.18. The van der Waals surface area contributed by atoms with E-state index in [2.05, 4.69) is 16.0 Å². The van der Waals surface area contributed by atoms with Gasteiger partial charge in [0.05, 0.1) is 0 Å². The molecule has 2 aromatic rings. The molecule has 3 N–H and O–H groups in total. The van der Waals surface area contributed by atoms with E-state index < -0.39 is 18.0 Å². The third-order valence-electron chi connectivity index (χ3n) is 3.53. The number of nitrogens with one attached hydrogen (secondary N) is 3. The molecule has 0 aliphatic carbocycles. The first-order valence-electron chi connectivity index (χ1n) is 7.65. The van der Waals surface area contributed by atoms with Crippen LogP contribution < -0.4 is 16.0 Å². The number of hydrogen-bond donors (Lipinski definition) is 3. The van der Waals surface area contributed by atoms with Gasteiger partial charge < -0.3 is 10.6 Å². The third-order valence-corrected chi connectivity index (χ3v) is 3.53. The van der Waals surface area contributed by atoms with Crippen molar-refractivity contribution in [2.45, 2.75) is 12.5 Å². The first kappa shape index (κ1) is 17.6. The number of benzene rings is 2. The van der Waals surface area contributed by atoms with E-state index in [9.17, 15) is 14.0 Å². The number of urea groups is 1. The summed E-state index contributed by atoms with van der Waals surface area (Å²) in [6.45, 7) is 0.506. The second kappa shape index (κ2) is 8.79. The van der Waals surface area contributed by atoms with Crippen molar-refractivity contribution in [3.05, 3.63) is 71.5 Å². The van der Waals surface area contributed by atoms with Crippen LogP contribution in [0.1, 0.15) is 17.2 Å². The van der Waals surface area contributed by atoms with Crippen molar-refractivity contribution in [1.82, 2.24) is 16.0 Å². The van der Waals surface area contributed by atoms with E-state index in [1.807, 2.05) is 30.3 Å². The zero-order chi connectivity index (χ0) is 17.4. The Morgan fingerprint density at radius 3 is 2.33 bits per heavy atom. The van der Waals surface area contributed by atoms with Crippen LogP contribution in [-0.2, 0) is 11.2 Å². The van der Waals surface area contributed by atoms with Gasteiger partial charge in [-0.1, -0.05) is 42.5 Å². The van der Waals surface area contributed by atoms with E-state index >= 15 is 0 Å². The Balaban J connectivity index is 2.01. The van der Waals surface area contributed by atoms with Gasteiger partial charge in [-0.3, -0.25) is 10.1 Å². The maximum absolute atomic E-state index is 12.9. The number of rotatable bonds is 6. The Morgan fingerprint density at radius 1 is 1.04 bits per heavy atom. The van der Waals surface area contributed by atoms with Crippen molar-refractivity contribution >= 4 is 11.9 Å². The number of imide groups is 1. The maximum atomic E-state index is 12.9. The summed E-state index contributed by atoms with van der Waals surface area (Å²) >= 11 is 0. The van der Waals surface area contributed by atoms with Crippen LogP contribution in [0.25, 0.3) is 0 Å². The summed E-state index contributed by atoms with van der Waals surface area (Å²) in [6.07, 6.45) is 0.636. The molecule has 0 bridgehead atoms. The van der Waals surface area contributed by atoms with Gasteiger partial charge in [0.2, 0.25) is 5.91 Å². The van der Waals surface area contributed by atoms with Crippen LogP contribution in [0.4, 0.5) is 9.18 Å². The molecular weight excluding hydrogens is 309 g/mol. The first-order valence-corrected chi connectivity index (χ1v) is 7.65. The molecule has 24 heavy (non-hydrogen) atoms.